The monoisotopic (exact) mass is 229 g/mol. The normalized spacial score (nSPS) is 25.1. The lowest BCUT2D eigenvalue weighted by atomic mass is 9.83. The number of hydrogen-bond acceptors (Lipinski definition) is 3. The van der Waals surface area contributed by atoms with Crippen molar-refractivity contribution in [3.05, 3.63) is 0 Å². The maximum absolute atomic E-state index is 11.2. The molecule has 4 heteroatoms. The fourth-order valence-electron chi connectivity index (χ4n) is 2.35. The Bertz CT molecular complexity index is 200. The lowest BCUT2D eigenvalue weighted by molar-refractivity contribution is 0.113. The highest BCUT2D eigenvalue weighted by molar-refractivity contribution is 5.67. The summed E-state index contributed by atoms with van der Waals surface area (Å²) < 4.78 is 4.77. The maximum atomic E-state index is 11.2. The van der Waals surface area contributed by atoms with E-state index in [9.17, 15) is 4.79 Å². The molecular weight excluding hydrogens is 206 g/mol. The Balaban J connectivity index is 2.14. The molecule has 0 spiro atoms. The molecule has 0 aliphatic heterocycles. The highest BCUT2D eigenvalue weighted by Gasteiger charge is 2.21. The number of aliphatic hydroxyl groups excluding tert-OH is 1. The van der Waals surface area contributed by atoms with Crippen molar-refractivity contribution in [1.29, 1.82) is 0 Å². The molecular formula is C12H23NO3. The quantitative estimate of drug-likeness (QED) is 0.758. The summed E-state index contributed by atoms with van der Waals surface area (Å²) in [6.07, 6.45) is 6.69. The Labute approximate surface area is 97.4 Å². The molecule has 1 saturated carbocycles. The molecule has 1 amide bonds. The van der Waals surface area contributed by atoms with Gasteiger partial charge in [-0.15, -0.1) is 0 Å². The predicted octanol–water partition coefficient (Wildman–Crippen LogP) is 2.06. The molecule has 1 aliphatic rings. The van der Waals surface area contributed by atoms with Crippen molar-refractivity contribution in [2.24, 2.45) is 5.92 Å². The van der Waals surface area contributed by atoms with Gasteiger partial charge < -0.3 is 15.2 Å². The Hall–Kier alpha value is -0.770. The number of carbonyl (C=O) groups excluding carboxylic acids is 1. The van der Waals surface area contributed by atoms with Crippen molar-refractivity contribution in [2.45, 2.75) is 51.5 Å². The van der Waals surface area contributed by atoms with Gasteiger partial charge in [-0.05, 0) is 31.6 Å². The first-order valence-electron chi connectivity index (χ1n) is 6.30. The Morgan fingerprint density at radius 2 is 2.06 bits per heavy atom. The standard InChI is InChI=1S/C12H23NO3/c1-2-3-10-4-6-11(7-5-10)13-12(15)16-9-8-14/h10-11,14H,2-9H2,1H3,(H,13,15). The SMILES string of the molecule is CCCC1CCC(NC(=O)OCCO)CC1. The number of amides is 1. The molecule has 1 fully saturated rings. The minimum absolute atomic E-state index is 0.0804. The molecule has 0 radical (unpaired) electrons. The first kappa shape index (κ1) is 13.3. The summed E-state index contributed by atoms with van der Waals surface area (Å²) in [7, 11) is 0. The fraction of sp³-hybridized carbons (Fsp3) is 0.917. The van der Waals surface area contributed by atoms with Gasteiger partial charge in [0.2, 0.25) is 0 Å². The molecule has 0 saturated heterocycles. The van der Waals surface area contributed by atoms with Crippen LogP contribution in [0.15, 0.2) is 0 Å². The minimum atomic E-state index is -0.395. The average Bonchev–Trinajstić information content (AvgIpc) is 2.29. The van der Waals surface area contributed by atoms with E-state index in [0.29, 0.717) is 0 Å². The number of alkyl carbamates (subject to hydrolysis) is 1. The van der Waals surface area contributed by atoms with Crippen LogP contribution in [0.25, 0.3) is 0 Å². The molecule has 16 heavy (non-hydrogen) atoms. The van der Waals surface area contributed by atoms with Gasteiger partial charge in [-0.2, -0.15) is 0 Å². The van der Waals surface area contributed by atoms with E-state index in [2.05, 4.69) is 12.2 Å². The first-order valence-corrected chi connectivity index (χ1v) is 6.30. The van der Waals surface area contributed by atoms with Crippen LogP contribution in [0, 0.1) is 5.92 Å². The fourth-order valence-corrected chi connectivity index (χ4v) is 2.35. The van der Waals surface area contributed by atoms with E-state index in [1.165, 1.54) is 25.7 Å². The summed E-state index contributed by atoms with van der Waals surface area (Å²) in [4.78, 5) is 11.2. The highest BCUT2D eigenvalue weighted by atomic mass is 16.6. The second-order valence-electron chi connectivity index (χ2n) is 4.51. The molecule has 0 heterocycles. The third kappa shape index (κ3) is 4.84. The molecule has 0 aromatic rings. The number of ether oxygens (including phenoxy) is 1. The molecule has 1 aliphatic carbocycles. The van der Waals surface area contributed by atoms with E-state index < -0.39 is 6.09 Å². The summed E-state index contributed by atoms with van der Waals surface area (Å²) in [6, 6.07) is 0.263. The van der Waals surface area contributed by atoms with E-state index in [4.69, 9.17) is 9.84 Å². The zero-order valence-electron chi connectivity index (χ0n) is 10.1. The summed E-state index contributed by atoms with van der Waals surface area (Å²) in [5.41, 5.74) is 0. The molecule has 0 bridgehead atoms. The summed E-state index contributed by atoms with van der Waals surface area (Å²) in [5.74, 6) is 0.844. The van der Waals surface area contributed by atoms with Crippen LogP contribution in [0.2, 0.25) is 0 Å². The number of aliphatic hydroxyl groups is 1. The predicted molar refractivity (Wildman–Crippen MR) is 62.2 cm³/mol. The largest absolute Gasteiger partial charge is 0.447 e. The summed E-state index contributed by atoms with van der Waals surface area (Å²) in [5, 5.41) is 11.4. The van der Waals surface area contributed by atoms with E-state index in [-0.39, 0.29) is 19.3 Å². The van der Waals surface area contributed by atoms with Crippen molar-refractivity contribution < 1.29 is 14.6 Å². The third-order valence-corrected chi connectivity index (χ3v) is 3.19. The number of nitrogens with one attached hydrogen (secondary N) is 1. The Morgan fingerprint density at radius 1 is 1.38 bits per heavy atom. The van der Waals surface area contributed by atoms with Crippen molar-refractivity contribution in [3.8, 4) is 0 Å². The number of carbonyl (C=O) groups is 1. The molecule has 0 unspecified atom stereocenters. The summed E-state index contributed by atoms with van der Waals surface area (Å²) in [6.45, 7) is 2.18. The first-order chi connectivity index (χ1) is 7.76. The molecule has 4 nitrogen and oxygen atoms in total. The lowest BCUT2D eigenvalue weighted by Crippen LogP contribution is -2.38. The highest BCUT2D eigenvalue weighted by Crippen LogP contribution is 2.27. The van der Waals surface area contributed by atoms with Crippen molar-refractivity contribution in [2.75, 3.05) is 13.2 Å². The van der Waals surface area contributed by atoms with Crippen LogP contribution < -0.4 is 5.32 Å². The average molecular weight is 229 g/mol. The lowest BCUT2D eigenvalue weighted by Gasteiger charge is -2.28. The van der Waals surface area contributed by atoms with E-state index >= 15 is 0 Å². The van der Waals surface area contributed by atoms with Crippen LogP contribution in [0.3, 0.4) is 0 Å². The number of hydrogen-bond donors (Lipinski definition) is 2. The van der Waals surface area contributed by atoms with Gasteiger partial charge in [-0.1, -0.05) is 19.8 Å². The van der Waals surface area contributed by atoms with Crippen LogP contribution in [0.1, 0.15) is 45.4 Å². The van der Waals surface area contributed by atoms with Crippen LogP contribution >= 0.6 is 0 Å². The Morgan fingerprint density at radius 3 is 2.62 bits per heavy atom. The van der Waals surface area contributed by atoms with Crippen LogP contribution in [-0.4, -0.2) is 30.5 Å². The number of rotatable bonds is 5. The molecule has 94 valence electrons. The van der Waals surface area contributed by atoms with Gasteiger partial charge in [0, 0.05) is 6.04 Å². The van der Waals surface area contributed by atoms with Crippen LogP contribution in [0.5, 0.6) is 0 Å². The Kier molecular flexibility index (Phi) is 6.23. The van der Waals surface area contributed by atoms with Gasteiger partial charge in [0.25, 0.3) is 0 Å². The molecule has 1 rings (SSSR count). The topological polar surface area (TPSA) is 58.6 Å². The zero-order chi connectivity index (χ0) is 11.8. The van der Waals surface area contributed by atoms with Crippen molar-refractivity contribution >= 4 is 6.09 Å². The minimum Gasteiger partial charge on any atom is -0.447 e. The summed E-state index contributed by atoms with van der Waals surface area (Å²) >= 11 is 0. The van der Waals surface area contributed by atoms with Crippen LogP contribution in [0.4, 0.5) is 4.79 Å². The molecule has 2 N–H and O–H groups in total. The molecule has 0 aromatic carbocycles. The molecule has 0 aromatic heterocycles. The van der Waals surface area contributed by atoms with Gasteiger partial charge >= 0.3 is 6.09 Å². The van der Waals surface area contributed by atoms with Crippen molar-refractivity contribution in [1.82, 2.24) is 5.32 Å². The van der Waals surface area contributed by atoms with E-state index in [1.54, 1.807) is 0 Å². The second-order valence-corrected chi connectivity index (χ2v) is 4.51. The smallest absolute Gasteiger partial charge is 0.407 e. The third-order valence-electron chi connectivity index (χ3n) is 3.19. The van der Waals surface area contributed by atoms with Gasteiger partial charge in [-0.3, -0.25) is 0 Å². The second kappa shape index (κ2) is 7.49. The molecule has 0 atom stereocenters. The maximum Gasteiger partial charge on any atom is 0.407 e. The van der Waals surface area contributed by atoms with E-state index in [0.717, 1.165) is 18.8 Å². The zero-order valence-corrected chi connectivity index (χ0v) is 10.1. The van der Waals surface area contributed by atoms with Gasteiger partial charge in [0.05, 0.1) is 6.61 Å². The van der Waals surface area contributed by atoms with Crippen LogP contribution in [-0.2, 0) is 4.74 Å². The van der Waals surface area contributed by atoms with Gasteiger partial charge in [0.1, 0.15) is 6.61 Å². The van der Waals surface area contributed by atoms with Gasteiger partial charge in [0.15, 0.2) is 0 Å². The van der Waals surface area contributed by atoms with Gasteiger partial charge in [-0.25, -0.2) is 4.79 Å². The van der Waals surface area contributed by atoms with Crippen molar-refractivity contribution in [3.63, 3.8) is 0 Å². The van der Waals surface area contributed by atoms with E-state index in [1.807, 2.05) is 0 Å².